The van der Waals surface area contributed by atoms with Crippen LogP contribution in [0.4, 0.5) is 4.79 Å². The van der Waals surface area contributed by atoms with Crippen LogP contribution in [0.2, 0.25) is 0 Å². The molecule has 1 rings (SSSR count). The second-order valence-electron chi connectivity index (χ2n) is 7.30. The molecule has 0 fully saturated rings. The molecule has 1 atom stereocenters. The number of carbonyl (C=O) groups is 1. The van der Waals surface area contributed by atoms with Crippen molar-refractivity contribution in [1.82, 2.24) is 20.8 Å². The van der Waals surface area contributed by atoms with Gasteiger partial charge in [0.1, 0.15) is 5.60 Å². The number of nitrogens with zero attached hydrogens (tertiary/aromatic N) is 1. The summed E-state index contributed by atoms with van der Waals surface area (Å²) in [4.78, 5) is 11.8. The summed E-state index contributed by atoms with van der Waals surface area (Å²) in [6.07, 6.45) is 1.44. The van der Waals surface area contributed by atoms with Gasteiger partial charge in [-0.25, -0.2) is 4.79 Å². The Balaban J connectivity index is 2.59. The first kappa shape index (κ1) is 18.5. The molecule has 0 unspecified atom stereocenters. The second-order valence-corrected chi connectivity index (χ2v) is 7.30. The first-order valence-corrected chi connectivity index (χ1v) is 7.74. The normalized spacial score (nSPS) is 14.7. The highest BCUT2D eigenvalue weighted by Gasteiger charge is 2.29. The molecule has 1 amide bonds. The number of ether oxygens (including phenoxy) is 1. The zero-order chi connectivity index (χ0) is 17.0. The van der Waals surface area contributed by atoms with E-state index < -0.39 is 5.60 Å². The van der Waals surface area contributed by atoms with Crippen molar-refractivity contribution in [1.29, 1.82) is 0 Å². The lowest BCUT2D eigenvalue weighted by Gasteiger charge is -2.35. The molecule has 0 aromatic carbocycles. The molecule has 0 saturated carbocycles. The van der Waals surface area contributed by atoms with Gasteiger partial charge in [-0.3, -0.25) is 5.10 Å². The lowest BCUT2D eigenvalue weighted by atomic mass is 9.88. The van der Waals surface area contributed by atoms with Gasteiger partial charge in [-0.1, -0.05) is 13.8 Å². The summed E-state index contributed by atoms with van der Waals surface area (Å²) in [5.74, 6) is 0.342. The van der Waals surface area contributed by atoms with E-state index in [1.54, 1.807) is 0 Å². The molecule has 126 valence electrons. The molecular formula is C16H30N4O2. The number of H-pyrrole nitrogens is 1. The SMILES string of the molecule is Cc1[nH]ncc1CN[C@@](C)(CNC(=O)OC(C)(C)C)C(C)C. The summed E-state index contributed by atoms with van der Waals surface area (Å²) < 4.78 is 5.29. The molecule has 0 aliphatic rings. The first-order valence-electron chi connectivity index (χ1n) is 7.74. The van der Waals surface area contributed by atoms with Crippen molar-refractivity contribution >= 4 is 6.09 Å². The lowest BCUT2D eigenvalue weighted by molar-refractivity contribution is 0.0503. The number of rotatable bonds is 6. The Morgan fingerprint density at radius 1 is 1.36 bits per heavy atom. The maximum atomic E-state index is 11.8. The Morgan fingerprint density at radius 2 is 2.00 bits per heavy atom. The molecule has 3 N–H and O–H groups in total. The summed E-state index contributed by atoms with van der Waals surface area (Å²) in [5.41, 5.74) is 1.46. The Kier molecular flexibility index (Phi) is 6.00. The maximum Gasteiger partial charge on any atom is 0.407 e. The minimum absolute atomic E-state index is 0.236. The quantitative estimate of drug-likeness (QED) is 0.755. The topological polar surface area (TPSA) is 79.0 Å². The third-order valence-electron chi connectivity index (χ3n) is 3.89. The number of aryl methyl sites for hydroxylation is 1. The third-order valence-corrected chi connectivity index (χ3v) is 3.89. The predicted molar refractivity (Wildman–Crippen MR) is 87.6 cm³/mol. The van der Waals surface area contributed by atoms with Crippen molar-refractivity contribution < 1.29 is 9.53 Å². The fraction of sp³-hybridized carbons (Fsp3) is 0.750. The van der Waals surface area contributed by atoms with Gasteiger partial charge >= 0.3 is 6.09 Å². The summed E-state index contributed by atoms with van der Waals surface area (Å²) in [6.45, 7) is 15.1. The maximum absolute atomic E-state index is 11.8. The van der Waals surface area contributed by atoms with E-state index in [0.717, 1.165) is 11.3 Å². The van der Waals surface area contributed by atoms with Gasteiger partial charge in [0.05, 0.1) is 6.20 Å². The van der Waals surface area contributed by atoms with Gasteiger partial charge in [0.25, 0.3) is 0 Å². The average molecular weight is 310 g/mol. The van der Waals surface area contributed by atoms with Crippen molar-refractivity contribution in [2.75, 3.05) is 6.54 Å². The number of aromatic nitrogens is 2. The minimum atomic E-state index is -0.486. The molecule has 22 heavy (non-hydrogen) atoms. The zero-order valence-corrected chi connectivity index (χ0v) is 14.8. The largest absolute Gasteiger partial charge is 0.444 e. The number of alkyl carbamates (subject to hydrolysis) is 1. The van der Waals surface area contributed by atoms with Crippen LogP contribution in [-0.2, 0) is 11.3 Å². The molecule has 0 saturated heterocycles. The Morgan fingerprint density at radius 3 is 2.45 bits per heavy atom. The Hall–Kier alpha value is -1.56. The highest BCUT2D eigenvalue weighted by atomic mass is 16.6. The van der Waals surface area contributed by atoms with E-state index in [2.05, 4.69) is 41.6 Å². The summed E-state index contributed by atoms with van der Waals surface area (Å²) in [5, 5.41) is 13.3. The molecular weight excluding hydrogens is 280 g/mol. The second kappa shape index (κ2) is 7.13. The standard InChI is InChI=1S/C16H30N4O2/c1-11(2)16(7,10-17-14(21)22-15(4,5)6)18-8-13-9-19-20-12(13)3/h9,11,18H,8,10H2,1-7H3,(H,17,21)(H,19,20)/t16-/m0/s1. The van der Waals surface area contributed by atoms with Crippen LogP contribution in [0.1, 0.15) is 52.8 Å². The van der Waals surface area contributed by atoms with Crippen molar-refractivity contribution in [3.63, 3.8) is 0 Å². The van der Waals surface area contributed by atoms with E-state index in [1.165, 1.54) is 0 Å². The number of aromatic amines is 1. The Bertz CT molecular complexity index is 491. The van der Waals surface area contributed by atoms with Crippen molar-refractivity contribution in [2.24, 2.45) is 5.92 Å². The fourth-order valence-electron chi connectivity index (χ4n) is 1.89. The molecule has 1 aromatic heterocycles. The van der Waals surface area contributed by atoms with Gasteiger partial charge in [0.15, 0.2) is 0 Å². The van der Waals surface area contributed by atoms with Crippen LogP contribution in [0, 0.1) is 12.8 Å². The van der Waals surface area contributed by atoms with Gasteiger partial charge in [-0.05, 0) is 40.5 Å². The van der Waals surface area contributed by atoms with E-state index >= 15 is 0 Å². The van der Waals surface area contributed by atoms with E-state index in [0.29, 0.717) is 19.0 Å². The average Bonchev–Trinajstić information content (AvgIpc) is 2.77. The highest BCUT2D eigenvalue weighted by molar-refractivity contribution is 5.67. The number of hydrogen-bond donors (Lipinski definition) is 3. The molecule has 1 aromatic rings. The third kappa shape index (κ3) is 5.67. The number of amides is 1. The molecule has 0 aliphatic heterocycles. The van der Waals surface area contributed by atoms with E-state index in [9.17, 15) is 4.79 Å². The Labute approximate surface area is 133 Å². The van der Waals surface area contributed by atoms with Crippen LogP contribution >= 0.6 is 0 Å². The van der Waals surface area contributed by atoms with Crippen LogP contribution in [0.3, 0.4) is 0 Å². The van der Waals surface area contributed by atoms with Crippen LogP contribution in [0.5, 0.6) is 0 Å². The van der Waals surface area contributed by atoms with Gasteiger partial charge in [-0.2, -0.15) is 5.10 Å². The molecule has 6 heteroatoms. The van der Waals surface area contributed by atoms with Crippen LogP contribution < -0.4 is 10.6 Å². The summed E-state index contributed by atoms with van der Waals surface area (Å²) >= 11 is 0. The van der Waals surface area contributed by atoms with Gasteiger partial charge in [0.2, 0.25) is 0 Å². The van der Waals surface area contributed by atoms with Crippen LogP contribution in [-0.4, -0.2) is 34.0 Å². The minimum Gasteiger partial charge on any atom is -0.444 e. The van der Waals surface area contributed by atoms with Crippen LogP contribution in [0.15, 0.2) is 6.20 Å². The lowest BCUT2D eigenvalue weighted by Crippen LogP contribution is -2.55. The van der Waals surface area contributed by atoms with Gasteiger partial charge in [0, 0.05) is 29.9 Å². The molecule has 0 bridgehead atoms. The van der Waals surface area contributed by atoms with Crippen molar-refractivity contribution in [2.45, 2.75) is 66.2 Å². The van der Waals surface area contributed by atoms with E-state index in [-0.39, 0.29) is 11.6 Å². The number of hydrogen-bond acceptors (Lipinski definition) is 4. The van der Waals surface area contributed by atoms with Gasteiger partial charge in [-0.15, -0.1) is 0 Å². The monoisotopic (exact) mass is 310 g/mol. The first-order chi connectivity index (χ1) is 10.0. The smallest absolute Gasteiger partial charge is 0.407 e. The molecule has 0 aliphatic carbocycles. The van der Waals surface area contributed by atoms with Crippen LogP contribution in [0.25, 0.3) is 0 Å². The number of nitrogens with one attached hydrogen (secondary N) is 3. The summed E-state index contributed by atoms with van der Waals surface area (Å²) in [7, 11) is 0. The van der Waals surface area contributed by atoms with E-state index in [4.69, 9.17) is 4.74 Å². The zero-order valence-electron chi connectivity index (χ0n) is 14.8. The highest BCUT2D eigenvalue weighted by Crippen LogP contribution is 2.17. The summed E-state index contributed by atoms with van der Waals surface area (Å²) in [6, 6.07) is 0. The molecule has 0 radical (unpaired) electrons. The fourth-order valence-corrected chi connectivity index (χ4v) is 1.89. The molecule has 6 nitrogen and oxygen atoms in total. The van der Waals surface area contributed by atoms with Crippen molar-refractivity contribution in [3.05, 3.63) is 17.5 Å². The van der Waals surface area contributed by atoms with Gasteiger partial charge < -0.3 is 15.4 Å². The predicted octanol–water partition coefficient (Wildman–Crippen LogP) is 2.75. The van der Waals surface area contributed by atoms with Crippen molar-refractivity contribution in [3.8, 4) is 0 Å². The number of carbonyl (C=O) groups excluding carboxylic acids is 1. The molecule has 0 spiro atoms. The van der Waals surface area contributed by atoms with E-state index in [1.807, 2.05) is 33.9 Å². The molecule has 1 heterocycles.